The molecule has 0 saturated carbocycles. The van der Waals surface area contributed by atoms with Crippen molar-refractivity contribution in [3.63, 3.8) is 0 Å². The van der Waals surface area contributed by atoms with Gasteiger partial charge in [0.1, 0.15) is 11.5 Å². The van der Waals surface area contributed by atoms with Gasteiger partial charge in [0.15, 0.2) is 0 Å². The summed E-state index contributed by atoms with van der Waals surface area (Å²) in [5, 5.41) is 0.652. The Morgan fingerprint density at radius 3 is 2.32 bits per heavy atom. The van der Waals surface area contributed by atoms with Gasteiger partial charge in [-0.15, -0.1) is 0 Å². The summed E-state index contributed by atoms with van der Waals surface area (Å²) in [5.74, 6) is 0.701. The van der Waals surface area contributed by atoms with Gasteiger partial charge in [-0.25, -0.2) is 9.97 Å². The Morgan fingerprint density at radius 2 is 1.68 bits per heavy atom. The summed E-state index contributed by atoms with van der Waals surface area (Å²) in [6.45, 7) is 6.53. The Kier molecular flexibility index (Phi) is 4.93. The van der Waals surface area contributed by atoms with Crippen LogP contribution in [0.15, 0.2) is 48.7 Å². The molecule has 1 saturated heterocycles. The molecule has 146 valence electrons. The molecule has 0 spiro atoms. The number of nitrogens with zero attached hydrogens (tertiary/aromatic N) is 4. The third-order valence-electron chi connectivity index (χ3n) is 5.20. The molecule has 0 aliphatic carbocycles. The van der Waals surface area contributed by atoms with Crippen molar-refractivity contribution in [2.75, 3.05) is 37.6 Å². The average molecular weight is 386 g/mol. The molecule has 0 bridgehead atoms. The lowest BCUT2D eigenvalue weighted by Gasteiger charge is -2.35. The number of halogens is 3. The highest BCUT2D eigenvalue weighted by Crippen LogP contribution is 2.35. The third-order valence-corrected chi connectivity index (χ3v) is 5.20. The van der Waals surface area contributed by atoms with Crippen molar-refractivity contribution in [2.45, 2.75) is 13.1 Å². The van der Waals surface area contributed by atoms with Crippen molar-refractivity contribution in [1.29, 1.82) is 0 Å². The van der Waals surface area contributed by atoms with Crippen LogP contribution < -0.4 is 4.90 Å². The highest BCUT2D eigenvalue weighted by molar-refractivity contribution is 5.99. The van der Waals surface area contributed by atoms with Crippen molar-refractivity contribution in [3.8, 4) is 11.1 Å². The molecular weight excluding hydrogens is 365 g/mol. The van der Waals surface area contributed by atoms with Crippen LogP contribution in [0.2, 0.25) is 0 Å². The summed E-state index contributed by atoms with van der Waals surface area (Å²) in [6.07, 6.45) is -2.84. The standard InChI is InChI=1S/C21H21F3N4/c1-2-27-10-12-28(13-11-27)20-16-8-9-18(21(22,23)24)26-19(16)17(14-25-20)15-6-4-3-5-7-15/h3-9,14H,2,10-13H2,1H3. The van der Waals surface area contributed by atoms with Gasteiger partial charge in [-0.2, -0.15) is 13.2 Å². The van der Waals surface area contributed by atoms with Crippen LogP contribution in [0.4, 0.5) is 19.0 Å². The molecule has 1 fully saturated rings. The summed E-state index contributed by atoms with van der Waals surface area (Å²) in [4.78, 5) is 13.1. The first-order valence-electron chi connectivity index (χ1n) is 9.37. The highest BCUT2D eigenvalue weighted by Gasteiger charge is 2.33. The lowest BCUT2D eigenvalue weighted by Crippen LogP contribution is -2.46. The third kappa shape index (κ3) is 3.54. The predicted molar refractivity (Wildman–Crippen MR) is 104 cm³/mol. The molecule has 3 aromatic rings. The highest BCUT2D eigenvalue weighted by atomic mass is 19.4. The number of pyridine rings is 2. The lowest BCUT2D eigenvalue weighted by atomic mass is 10.0. The number of alkyl halides is 3. The fourth-order valence-corrected chi connectivity index (χ4v) is 3.62. The van der Waals surface area contributed by atoms with Gasteiger partial charge in [-0.1, -0.05) is 37.3 Å². The fourth-order valence-electron chi connectivity index (χ4n) is 3.62. The Bertz CT molecular complexity index is 965. The number of fused-ring (bicyclic) bond motifs is 1. The van der Waals surface area contributed by atoms with Crippen molar-refractivity contribution in [1.82, 2.24) is 14.9 Å². The molecule has 7 heteroatoms. The van der Waals surface area contributed by atoms with Crippen LogP contribution in [0.25, 0.3) is 22.0 Å². The minimum atomic E-state index is -4.49. The van der Waals surface area contributed by atoms with Crippen LogP contribution in [-0.4, -0.2) is 47.6 Å². The van der Waals surface area contributed by atoms with E-state index in [2.05, 4.69) is 26.7 Å². The summed E-state index contributed by atoms with van der Waals surface area (Å²) in [6, 6.07) is 11.8. The van der Waals surface area contributed by atoms with Crippen LogP contribution in [0.3, 0.4) is 0 Å². The fraction of sp³-hybridized carbons (Fsp3) is 0.333. The Hall–Kier alpha value is -2.67. The van der Waals surface area contributed by atoms with Gasteiger partial charge < -0.3 is 9.80 Å². The second-order valence-corrected chi connectivity index (χ2v) is 6.87. The minimum absolute atomic E-state index is 0.337. The molecule has 28 heavy (non-hydrogen) atoms. The maximum atomic E-state index is 13.3. The minimum Gasteiger partial charge on any atom is -0.353 e. The van der Waals surface area contributed by atoms with Crippen LogP contribution in [0.1, 0.15) is 12.6 Å². The number of likely N-dealkylation sites (N-methyl/N-ethyl adjacent to an activating group) is 1. The number of anilines is 1. The van der Waals surface area contributed by atoms with Gasteiger partial charge in [0.25, 0.3) is 0 Å². The van der Waals surface area contributed by atoms with E-state index in [1.807, 2.05) is 30.3 Å². The molecule has 1 aliphatic heterocycles. The van der Waals surface area contributed by atoms with E-state index in [-0.39, 0.29) is 0 Å². The van der Waals surface area contributed by atoms with Gasteiger partial charge in [0, 0.05) is 43.3 Å². The second kappa shape index (κ2) is 7.39. The Balaban J connectivity index is 1.85. The normalized spacial score (nSPS) is 15.9. The topological polar surface area (TPSA) is 32.3 Å². The number of aromatic nitrogens is 2. The molecule has 0 amide bonds. The number of hydrogen-bond donors (Lipinski definition) is 0. The van der Waals surface area contributed by atoms with E-state index in [9.17, 15) is 13.2 Å². The largest absolute Gasteiger partial charge is 0.433 e. The monoisotopic (exact) mass is 386 g/mol. The van der Waals surface area contributed by atoms with Crippen LogP contribution in [-0.2, 0) is 6.18 Å². The van der Waals surface area contributed by atoms with E-state index in [0.29, 0.717) is 22.3 Å². The summed E-state index contributed by atoms with van der Waals surface area (Å²) >= 11 is 0. The van der Waals surface area contributed by atoms with E-state index in [1.54, 1.807) is 6.20 Å². The SMILES string of the molecule is CCN1CCN(c2ncc(-c3ccccc3)c3nc(C(F)(F)F)ccc23)CC1. The second-order valence-electron chi connectivity index (χ2n) is 6.87. The van der Waals surface area contributed by atoms with Crippen molar-refractivity contribution < 1.29 is 13.2 Å². The molecule has 2 aromatic heterocycles. The zero-order valence-corrected chi connectivity index (χ0v) is 15.6. The molecule has 1 aromatic carbocycles. The molecule has 0 radical (unpaired) electrons. The number of hydrogen-bond acceptors (Lipinski definition) is 4. The molecular formula is C21H21F3N4. The number of piperazine rings is 1. The molecule has 3 heterocycles. The van der Waals surface area contributed by atoms with Gasteiger partial charge >= 0.3 is 6.18 Å². The van der Waals surface area contributed by atoms with Crippen LogP contribution >= 0.6 is 0 Å². The van der Waals surface area contributed by atoms with Gasteiger partial charge in [-0.05, 0) is 24.2 Å². The molecule has 0 atom stereocenters. The van der Waals surface area contributed by atoms with E-state index in [0.717, 1.165) is 44.4 Å². The van der Waals surface area contributed by atoms with E-state index >= 15 is 0 Å². The van der Waals surface area contributed by atoms with Gasteiger partial charge in [0.2, 0.25) is 0 Å². The molecule has 0 N–H and O–H groups in total. The molecule has 4 rings (SSSR count). The van der Waals surface area contributed by atoms with Gasteiger partial charge in [0.05, 0.1) is 5.52 Å². The zero-order chi connectivity index (χ0) is 19.7. The average Bonchev–Trinajstić information content (AvgIpc) is 2.72. The van der Waals surface area contributed by atoms with Gasteiger partial charge in [-0.3, -0.25) is 0 Å². The first kappa shape index (κ1) is 18.7. The van der Waals surface area contributed by atoms with E-state index < -0.39 is 11.9 Å². The lowest BCUT2D eigenvalue weighted by molar-refractivity contribution is -0.140. The Labute approximate surface area is 161 Å². The van der Waals surface area contributed by atoms with E-state index in [1.165, 1.54) is 6.07 Å². The summed E-state index contributed by atoms with van der Waals surface area (Å²) in [5.41, 5.74) is 0.862. The number of rotatable bonds is 3. The van der Waals surface area contributed by atoms with Crippen molar-refractivity contribution in [2.24, 2.45) is 0 Å². The van der Waals surface area contributed by atoms with E-state index in [4.69, 9.17) is 0 Å². The quantitative estimate of drug-likeness (QED) is 0.665. The summed E-state index contributed by atoms with van der Waals surface area (Å²) in [7, 11) is 0. The first-order chi connectivity index (χ1) is 13.5. The Morgan fingerprint density at radius 1 is 0.964 bits per heavy atom. The summed E-state index contributed by atoms with van der Waals surface area (Å²) < 4.78 is 39.9. The first-order valence-corrected chi connectivity index (χ1v) is 9.37. The maximum Gasteiger partial charge on any atom is 0.433 e. The molecule has 4 nitrogen and oxygen atoms in total. The zero-order valence-electron chi connectivity index (χ0n) is 15.6. The smallest absolute Gasteiger partial charge is 0.353 e. The molecule has 0 unspecified atom stereocenters. The predicted octanol–water partition coefficient (Wildman–Crippen LogP) is 4.46. The van der Waals surface area contributed by atoms with Crippen molar-refractivity contribution in [3.05, 3.63) is 54.4 Å². The molecule has 1 aliphatic rings. The maximum absolute atomic E-state index is 13.3. The van der Waals surface area contributed by atoms with Crippen molar-refractivity contribution >= 4 is 16.7 Å². The number of benzene rings is 1. The van der Waals surface area contributed by atoms with Crippen LogP contribution in [0, 0.1) is 0 Å². The van der Waals surface area contributed by atoms with Crippen LogP contribution in [0.5, 0.6) is 0 Å².